The maximum absolute atomic E-state index is 11.8. The van der Waals surface area contributed by atoms with Crippen LogP contribution in [0.25, 0.3) is 10.9 Å². The highest BCUT2D eigenvalue weighted by atomic mass is 79.9. The van der Waals surface area contributed by atoms with E-state index in [1.54, 1.807) is 0 Å². The molecule has 1 saturated heterocycles. The van der Waals surface area contributed by atoms with Gasteiger partial charge in [-0.3, -0.25) is 9.89 Å². The summed E-state index contributed by atoms with van der Waals surface area (Å²) in [6, 6.07) is 6.30. The first-order valence-corrected chi connectivity index (χ1v) is 7.64. The molecule has 2 heterocycles. The maximum atomic E-state index is 11.8. The van der Waals surface area contributed by atoms with E-state index in [0.717, 1.165) is 35.7 Å². The molecule has 4 nitrogen and oxygen atoms in total. The largest absolute Gasteiger partial charge is 0.342 e. The molecule has 0 saturated carbocycles. The van der Waals surface area contributed by atoms with Crippen molar-refractivity contribution in [2.24, 2.45) is 5.92 Å². The van der Waals surface area contributed by atoms with E-state index in [4.69, 9.17) is 0 Å². The molecule has 1 amide bonds. The SMILES string of the molecule is O=C1CC(CBr)CN1CCc1ccc2cn[nH]c2c1. The number of hydrogen-bond acceptors (Lipinski definition) is 2. The van der Waals surface area contributed by atoms with E-state index < -0.39 is 0 Å². The van der Waals surface area contributed by atoms with Crippen LogP contribution in [0.2, 0.25) is 0 Å². The van der Waals surface area contributed by atoms with Gasteiger partial charge in [0.2, 0.25) is 5.91 Å². The number of carbonyl (C=O) groups excluding carboxylic acids is 1. The van der Waals surface area contributed by atoms with Crippen molar-refractivity contribution >= 4 is 32.7 Å². The molecule has 2 aromatic rings. The van der Waals surface area contributed by atoms with Crippen LogP contribution in [-0.2, 0) is 11.2 Å². The number of nitrogens with zero attached hydrogens (tertiary/aromatic N) is 2. The van der Waals surface area contributed by atoms with Crippen LogP contribution >= 0.6 is 15.9 Å². The zero-order chi connectivity index (χ0) is 13.2. The number of hydrogen-bond donors (Lipinski definition) is 1. The number of aromatic amines is 1. The molecular weight excluding hydrogens is 306 g/mol. The third-order valence-corrected chi connectivity index (χ3v) is 4.61. The number of fused-ring (bicyclic) bond motifs is 1. The molecule has 1 aromatic carbocycles. The number of rotatable bonds is 4. The number of aromatic nitrogens is 2. The first-order chi connectivity index (χ1) is 9.26. The first-order valence-electron chi connectivity index (χ1n) is 6.52. The van der Waals surface area contributed by atoms with Crippen LogP contribution in [0.5, 0.6) is 0 Å². The smallest absolute Gasteiger partial charge is 0.222 e. The number of nitrogens with one attached hydrogen (secondary N) is 1. The third-order valence-electron chi connectivity index (χ3n) is 3.69. The number of benzene rings is 1. The highest BCUT2D eigenvalue weighted by molar-refractivity contribution is 9.09. The van der Waals surface area contributed by atoms with Crippen molar-refractivity contribution in [2.45, 2.75) is 12.8 Å². The summed E-state index contributed by atoms with van der Waals surface area (Å²) < 4.78 is 0. The highest BCUT2D eigenvalue weighted by Gasteiger charge is 2.28. The van der Waals surface area contributed by atoms with Crippen molar-refractivity contribution < 1.29 is 4.79 Å². The number of likely N-dealkylation sites (tertiary alicyclic amines) is 1. The van der Waals surface area contributed by atoms with Crippen LogP contribution in [0.3, 0.4) is 0 Å². The van der Waals surface area contributed by atoms with Crippen LogP contribution in [-0.4, -0.2) is 39.4 Å². The lowest BCUT2D eigenvalue weighted by molar-refractivity contribution is -0.127. The Hall–Kier alpha value is -1.36. The molecule has 1 fully saturated rings. The van der Waals surface area contributed by atoms with E-state index in [1.807, 2.05) is 11.1 Å². The minimum absolute atomic E-state index is 0.284. The van der Waals surface area contributed by atoms with Crippen LogP contribution in [0.1, 0.15) is 12.0 Å². The number of alkyl halides is 1. The van der Waals surface area contributed by atoms with Gasteiger partial charge in [0.05, 0.1) is 11.7 Å². The monoisotopic (exact) mass is 321 g/mol. The molecule has 0 radical (unpaired) electrons. The molecule has 1 N–H and O–H groups in total. The highest BCUT2D eigenvalue weighted by Crippen LogP contribution is 2.20. The summed E-state index contributed by atoms with van der Waals surface area (Å²) >= 11 is 3.46. The fourth-order valence-electron chi connectivity index (χ4n) is 2.58. The van der Waals surface area contributed by atoms with Crippen molar-refractivity contribution in [1.29, 1.82) is 0 Å². The Labute approximate surface area is 120 Å². The number of amides is 1. The Bertz CT molecular complexity index is 595. The molecular formula is C14H16BrN3O. The third kappa shape index (κ3) is 2.66. The Morgan fingerprint density at radius 1 is 1.47 bits per heavy atom. The average Bonchev–Trinajstić information content (AvgIpc) is 3.02. The molecule has 1 atom stereocenters. The van der Waals surface area contributed by atoms with Gasteiger partial charge in [0.25, 0.3) is 0 Å². The van der Waals surface area contributed by atoms with Gasteiger partial charge in [0.1, 0.15) is 0 Å². The fraction of sp³-hybridized carbons (Fsp3) is 0.429. The van der Waals surface area contributed by atoms with Gasteiger partial charge in [0, 0.05) is 30.2 Å². The van der Waals surface area contributed by atoms with E-state index in [2.05, 4.69) is 44.3 Å². The molecule has 0 aliphatic carbocycles. The average molecular weight is 322 g/mol. The molecule has 1 aliphatic heterocycles. The van der Waals surface area contributed by atoms with Crippen molar-refractivity contribution in [2.75, 3.05) is 18.4 Å². The topological polar surface area (TPSA) is 49.0 Å². The summed E-state index contributed by atoms with van der Waals surface area (Å²) in [5.74, 6) is 0.759. The van der Waals surface area contributed by atoms with E-state index in [1.165, 1.54) is 5.56 Å². The predicted octanol–water partition coefficient (Wildman–Crippen LogP) is 2.35. The van der Waals surface area contributed by atoms with Gasteiger partial charge in [-0.05, 0) is 24.0 Å². The zero-order valence-corrected chi connectivity index (χ0v) is 12.2. The van der Waals surface area contributed by atoms with Crippen LogP contribution < -0.4 is 0 Å². The van der Waals surface area contributed by atoms with E-state index in [-0.39, 0.29) is 5.91 Å². The lowest BCUT2D eigenvalue weighted by Gasteiger charge is -2.16. The second-order valence-corrected chi connectivity index (χ2v) is 5.75. The molecule has 3 rings (SSSR count). The maximum Gasteiger partial charge on any atom is 0.222 e. The Morgan fingerprint density at radius 3 is 3.16 bits per heavy atom. The predicted molar refractivity (Wildman–Crippen MR) is 78.3 cm³/mol. The van der Waals surface area contributed by atoms with Crippen LogP contribution in [0, 0.1) is 5.92 Å². The lowest BCUT2D eigenvalue weighted by atomic mass is 10.1. The molecule has 19 heavy (non-hydrogen) atoms. The van der Waals surface area contributed by atoms with Crippen molar-refractivity contribution in [3.05, 3.63) is 30.0 Å². The normalized spacial score (nSPS) is 19.5. The van der Waals surface area contributed by atoms with Crippen LogP contribution in [0.15, 0.2) is 24.4 Å². The van der Waals surface area contributed by atoms with Gasteiger partial charge in [0.15, 0.2) is 0 Å². The molecule has 5 heteroatoms. The Morgan fingerprint density at radius 2 is 2.37 bits per heavy atom. The molecule has 100 valence electrons. The van der Waals surface area contributed by atoms with Crippen molar-refractivity contribution in [1.82, 2.24) is 15.1 Å². The van der Waals surface area contributed by atoms with Crippen molar-refractivity contribution in [3.63, 3.8) is 0 Å². The summed E-state index contributed by atoms with van der Waals surface area (Å²) in [4.78, 5) is 13.8. The summed E-state index contributed by atoms with van der Waals surface area (Å²) in [6.07, 6.45) is 3.41. The lowest BCUT2D eigenvalue weighted by Crippen LogP contribution is -2.27. The number of H-pyrrole nitrogens is 1. The molecule has 0 spiro atoms. The Balaban J connectivity index is 1.64. The molecule has 1 unspecified atom stereocenters. The van der Waals surface area contributed by atoms with Gasteiger partial charge >= 0.3 is 0 Å². The summed E-state index contributed by atoms with van der Waals surface area (Å²) in [5, 5.41) is 9.03. The first kappa shape index (κ1) is 12.7. The van der Waals surface area contributed by atoms with Gasteiger partial charge in [-0.2, -0.15) is 5.10 Å². The Kier molecular flexibility index (Phi) is 3.55. The number of halogens is 1. The number of carbonyl (C=O) groups is 1. The summed E-state index contributed by atoms with van der Waals surface area (Å²) in [5.41, 5.74) is 2.30. The van der Waals surface area contributed by atoms with Crippen LogP contribution in [0.4, 0.5) is 0 Å². The second-order valence-electron chi connectivity index (χ2n) is 5.11. The van der Waals surface area contributed by atoms with Crippen molar-refractivity contribution in [3.8, 4) is 0 Å². The summed E-state index contributed by atoms with van der Waals surface area (Å²) in [6.45, 7) is 1.69. The minimum atomic E-state index is 0.284. The quantitative estimate of drug-likeness (QED) is 0.879. The standard InChI is InChI=1S/C14H16BrN3O/c15-7-11-6-14(19)18(9-11)4-3-10-1-2-12-8-16-17-13(12)5-10/h1-2,5,8,11H,3-4,6-7,9H2,(H,16,17). The molecule has 0 bridgehead atoms. The minimum Gasteiger partial charge on any atom is -0.342 e. The van der Waals surface area contributed by atoms with Gasteiger partial charge in [-0.25, -0.2) is 0 Å². The van der Waals surface area contributed by atoms with E-state index in [9.17, 15) is 4.79 Å². The zero-order valence-electron chi connectivity index (χ0n) is 10.6. The molecule has 1 aliphatic rings. The fourth-order valence-corrected chi connectivity index (χ4v) is 3.01. The van der Waals surface area contributed by atoms with Gasteiger partial charge in [-0.1, -0.05) is 28.1 Å². The van der Waals surface area contributed by atoms with E-state index in [0.29, 0.717) is 12.3 Å². The van der Waals surface area contributed by atoms with Gasteiger partial charge in [-0.15, -0.1) is 0 Å². The van der Waals surface area contributed by atoms with Gasteiger partial charge < -0.3 is 4.90 Å². The second kappa shape index (κ2) is 5.33. The summed E-state index contributed by atoms with van der Waals surface area (Å²) in [7, 11) is 0. The van der Waals surface area contributed by atoms with E-state index >= 15 is 0 Å². The molecule has 1 aromatic heterocycles.